The van der Waals surface area contributed by atoms with Gasteiger partial charge in [0.1, 0.15) is 17.3 Å². The van der Waals surface area contributed by atoms with Gasteiger partial charge in [0, 0.05) is 7.05 Å². The Bertz CT molecular complexity index is 498. The standard InChI is InChI=1S/C14H17F2NO3/c1-17(11-4-2-3-5-12(11)18)13-9(15)6-8(14(19)20)7-10(13)16/h6-7,11-12,18H,2-5H2,1H3,(H,19,20). The lowest BCUT2D eigenvalue weighted by Gasteiger charge is -2.36. The normalized spacial score (nSPS) is 22.6. The molecule has 20 heavy (non-hydrogen) atoms. The first-order valence-electron chi connectivity index (χ1n) is 6.55. The van der Waals surface area contributed by atoms with Crippen molar-refractivity contribution in [3.63, 3.8) is 0 Å². The van der Waals surface area contributed by atoms with Gasteiger partial charge in [0.2, 0.25) is 0 Å². The molecule has 2 rings (SSSR count). The second-order valence-electron chi connectivity index (χ2n) is 5.12. The molecule has 1 saturated carbocycles. The van der Waals surface area contributed by atoms with Crippen LogP contribution in [0.15, 0.2) is 12.1 Å². The zero-order valence-electron chi connectivity index (χ0n) is 11.1. The average molecular weight is 285 g/mol. The lowest BCUT2D eigenvalue weighted by Crippen LogP contribution is -2.44. The lowest BCUT2D eigenvalue weighted by molar-refractivity contribution is 0.0695. The van der Waals surface area contributed by atoms with Crippen molar-refractivity contribution in [1.29, 1.82) is 0 Å². The Labute approximate surface area is 115 Å². The van der Waals surface area contributed by atoms with E-state index >= 15 is 0 Å². The SMILES string of the molecule is CN(c1c(F)cc(C(=O)O)cc1F)C1CCCCC1O. The number of aliphatic hydroxyl groups excluding tert-OH is 1. The number of nitrogens with zero attached hydrogens (tertiary/aromatic N) is 1. The third-order valence-corrected chi connectivity index (χ3v) is 3.81. The number of carbonyl (C=O) groups is 1. The molecule has 0 radical (unpaired) electrons. The molecular formula is C14H17F2NO3. The Balaban J connectivity index is 2.34. The molecule has 0 aliphatic heterocycles. The van der Waals surface area contributed by atoms with Crippen LogP contribution in [0.5, 0.6) is 0 Å². The largest absolute Gasteiger partial charge is 0.478 e. The third kappa shape index (κ3) is 2.75. The van der Waals surface area contributed by atoms with Crippen molar-refractivity contribution >= 4 is 11.7 Å². The number of hydrogen-bond acceptors (Lipinski definition) is 3. The fraction of sp³-hybridized carbons (Fsp3) is 0.500. The summed E-state index contributed by atoms with van der Waals surface area (Å²) < 4.78 is 28.0. The number of rotatable bonds is 3. The zero-order chi connectivity index (χ0) is 14.9. The average Bonchev–Trinajstić information content (AvgIpc) is 2.38. The molecule has 6 heteroatoms. The second-order valence-corrected chi connectivity index (χ2v) is 5.12. The quantitative estimate of drug-likeness (QED) is 0.895. The van der Waals surface area contributed by atoms with E-state index in [9.17, 15) is 18.7 Å². The summed E-state index contributed by atoms with van der Waals surface area (Å²) in [6, 6.07) is 1.24. The molecular weight excluding hydrogens is 268 g/mol. The molecule has 110 valence electrons. The molecule has 1 aliphatic rings. The molecule has 0 aromatic heterocycles. The predicted octanol–water partition coefficient (Wildman–Crippen LogP) is 2.40. The van der Waals surface area contributed by atoms with Crippen molar-refractivity contribution in [3.8, 4) is 0 Å². The van der Waals surface area contributed by atoms with Crippen molar-refractivity contribution in [2.75, 3.05) is 11.9 Å². The molecule has 0 heterocycles. The van der Waals surface area contributed by atoms with Crippen LogP contribution in [0.3, 0.4) is 0 Å². The summed E-state index contributed by atoms with van der Waals surface area (Å²) in [4.78, 5) is 12.1. The number of halogens is 2. The number of carboxylic acids is 1. The summed E-state index contributed by atoms with van der Waals surface area (Å²) in [6.45, 7) is 0. The fourth-order valence-electron chi connectivity index (χ4n) is 2.74. The van der Waals surface area contributed by atoms with Gasteiger partial charge in [-0.1, -0.05) is 12.8 Å². The molecule has 1 aliphatic carbocycles. The van der Waals surface area contributed by atoms with Crippen LogP contribution in [0.1, 0.15) is 36.0 Å². The maximum Gasteiger partial charge on any atom is 0.335 e. The van der Waals surface area contributed by atoms with E-state index in [0.717, 1.165) is 25.0 Å². The van der Waals surface area contributed by atoms with E-state index in [1.807, 2.05) is 0 Å². The summed E-state index contributed by atoms with van der Waals surface area (Å²) in [5.41, 5.74) is -0.720. The summed E-state index contributed by atoms with van der Waals surface area (Å²) >= 11 is 0. The van der Waals surface area contributed by atoms with E-state index in [1.54, 1.807) is 0 Å². The molecule has 2 atom stereocenters. The van der Waals surface area contributed by atoms with Crippen molar-refractivity contribution < 1.29 is 23.8 Å². The predicted molar refractivity (Wildman–Crippen MR) is 70.0 cm³/mol. The highest BCUT2D eigenvalue weighted by Crippen LogP contribution is 2.30. The number of benzene rings is 1. The summed E-state index contributed by atoms with van der Waals surface area (Å²) in [7, 11) is 1.52. The third-order valence-electron chi connectivity index (χ3n) is 3.81. The monoisotopic (exact) mass is 285 g/mol. The van der Waals surface area contributed by atoms with Crippen LogP contribution in [-0.2, 0) is 0 Å². The van der Waals surface area contributed by atoms with Crippen molar-refractivity contribution in [2.24, 2.45) is 0 Å². The second kappa shape index (κ2) is 5.75. The topological polar surface area (TPSA) is 60.8 Å². The van der Waals surface area contributed by atoms with Gasteiger partial charge in [0.15, 0.2) is 0 Å². The molecule has 4 nitrogen and oxygen atoms in total. The minimum atomic E-state index is -1.38. The number of likely N-dealkylation sites (N-methyl/N-ethyl adjacent to an activating group) is 1. The van der Waals surface area contributed by atoms with Gasteiger partial charge in [-0.3, -0.25) is 0 Å². The molecule has 1 fully saturated rings. The van der Waals surface area contributed by atoms with E-state index in [4.69, 9.17) is 5.11 Å². The Morgan fingerprint density at radius 1 is 1.25 bits per heavy atom. The number of aromatic carboxylic acids is 1. The van der Waals surface area contributed by atoms with Crippen molar-refractivity contribution in [2.45, 2.75) is 37.8 Å². The van der Waals surface area contributed by atoms with E-state index < -0.39 is 29.3 Å². The number of carboxylic acid groups (broad SMARTS) is 1. The first kappa shape index (κ1) is 14.7. The van der Waals surface area contributed by atoms with Gasteiger partial charge in [-0.2, -0.15) is 0 Å². The summed E-state index contributed by atoms with van der Waals surface area (Å²) in [5.74, 6) is -3.24. The summed E-state index contributed by atoms with van der Waals surface area (Å²) in [6.07, 6.45) is 2.41. The van der Waals surface area contributed by atoms with Gasteiger partial charge in [-0.25, -0.2) is 13.6 Å². The molecule has 1 aromatic carbocycles. The van der Waals surface area contributed by atoms with E-state index in [2.05, 4.69) is 0 Å². The van der Waals surface area contributed by atoms with Crippen LogP contribution in [0.2, 0.25) is 0 Å². The van der Waals surface area contributed by atoms with E-state index in [1.165, 1.54) is 11.9 Å². The molecule has 0 saturated heterocycles. The highest BCUT2D eigenvalue weighted by Gasteiger charge is 2.30. The van der Waals surface area contributed by atoms with Crippen LogP contribution >= 0.6 is 0 Å². The Morgan fingerprint density at radius 3 is 2.30 bits per heavy atom. The number of aliphatic hydroxyl groups is 1. The van der Waals surface area contributed by atoms with Crippen molar-refractivity contribution in [1.82, 2.24) is 0 Å². The maximum absolute atomic E-state index is 14.0. The van der Waals surface area contributed by atoms with E-state index in [-0.39, 0.29) is 11.7 Å². The first-order chi connectivity index (χ1) is 9.41. The van der Waals surface area contributed by atoms with Gasteiger partial charge in [0.05, 0.1) is 17.7 Å². The smallest absolute Gasteiger partial charge is 0.335 e. The molecule has 0 bridgehead atoms. The lowest BCUT2D eigenvalue weighted by atomic mass is 9.91. The zero-order valence-corrected chi connectivity index (χ0v) is 11.1. The van der Waals surface area contributed by atoms with Crippen LogP contribution in [0, 0.1) is 11.6 Å². The van der Waals surface area contributed by atoms with Gasteiger partial charge in [-0.15, -0.1) is 0 Å². The first-order valence-corrected chi connectivity index (χ1v) is 6.55. The maximum atomic E-state index is 14.0. The van der Waals surface area contributed by atoms with Crippen LogP contribution in [-0.4, -0.2) is 35.4 Å². The molecule has 2 unspecified atom stereocenters. The van der Waals surface area contributed by atoms with Crippen LogP contribution in [0.25, 0.3) is 0 Å². The summed E-state index contributed by atoms with van der Waals surface area (Å²) in [5, 5.41) is 18.7. The molecule has 2 N–H and O–H groups in total. The van der Waals surface area contributed by atoms with Gasteiger partial charge in [-0.05, 0) is 25.0 Å². The van der Waals surface area contributed by atoms with Crippen LogP contribution < -0.4 is 4.90 Å². The van der Waals surface area contributed by atoms with Gasteiger partial charge >= 0.3 is 5.97 Å². The Morgan fingerprint density at radius 2 is 1.80 bits per heavy atom. The Kier molecular flexibility index (Phi) is 4.23. The minimum absolute atomic E-state index is 0.291. The van der Waals surface area contributed by atoms with Crippen molar-refractivity contribution in [3.05, 3.63) is 29.3 Å². The molecule has 0 spiro atoms. The fourth-order valence-corrected chi connectivity index (χ4v) is 2.74. The highest BCUT2D eigenvalue weighted by atomic mass is 19.1. The number of hydrogen-bond donors (Lipinski definition) is 2. The minimum Gasteiger partial charge on any atom is -0.478 e. The van der Waals surface area contributed by atoms with Gasteiger partial charge < -0.3 is 15.1 Å². The van der Waals surface area contributed by atoms with E-state index in [0.29, 0.717) is 12.8 Å². The number of anilines is 1. The highest BCUT2D eigenvalue weighted by molar-refractivity contribution is 5.88. The molecule has 1 aromatic rings. The molecule has 0 amide bonds. The van der Waals surface area contributed by atoms with Gasteiger partial charge in [0.25, 0.3) is 0 Å². The Hall–Kier alpha value is -1.69. The van der Waals surface area contributed by atoms with Crippen LogP contribution in [0.4, 0.5) is 14.5 Å².